The summed E-state index contributed by atoms with van der Waals surface area (Å²) in [4.78, 5) is 17.1. The van der Waals surface area contributed by atoms with Gasteiger partial charge in [-0.25, -0.2) is 4.98 Å². The maximum absolute atomic E-state index is 10.9. The maximum atomic E-state index is 10.9. The fraction of sp³-hybridized carbons (Fsp3) is 0.500. The highest BCUT2D eigenvalue weighted by Gasteiger charge is 2.04. The molecule has 0 aliphatic heterocycles. The number of esters is 1. The van der Waals surface area contributed by atoms with Gasteiger partial charge in [0.2, 0.25) is 0 Å². The van der Waals surface area contributed by atoms with E-state index >= 15 is 0 Å². The van der Waals surface area contributed by atoms with E-state index in [1.165, 1.54) is 7.11 Å². The van der Waals surface area contributed by atoms with E-state index in [0.717, 1.165) is 25.1 Å². The van der Waals surface area contributed by atoms with E-state index in [1.807, 2.05) is 13.1 Å². The summed E-state index contributed by atoms with van der Waals surface area (Å²) in [6, 6.07) is 3.73. The highest BCUT2D eigenvalue weighted by Crippen LogP contribution is 2.07. The Morgan fingerprint density at radius 2 is 2.29 bits per heavy atom. The number of methoxy groups -OCH3 is 1. The van der Waals surface area contributed by atoms with Crippen LogP contribution in [-0.2, 0) is 16.1 Å². The summed E-state index contributed by atoms with van der Waals surface area (Å²) in [5.74, 6) is -0.161. The lowest BCUT2D eigenvalue weighted by Gasteiger charge is -2.15. The van der Waals surface area contributed by atoms with Gasteiger partial charge in [0.25, 0.3) is 0 Å². The quantitative estimate of drug-likeness (QED) is 0.578. The normalized spacial score (nSPS) is 10.6. The molecule has 0 saturated heterocycles. The van der Waals surface area contributed by atoms with Gasteiger partial charge in [-0.3, -0.25) is 4.79 Å². The van der Waals surface area contributed by atoms with Crippen molar-refractivity contribution in [3.8, 4) is 0 Å². The number of halogens is 1. The molecule has 0 aliphatic rings. The molecule has 0 unspecified atom stereocenters. The van der Waals surface area contributed by atoms with Gasteiger partial charge in [-0.15, -0.1) is 0 Å². The Morgan fingerprint density at radius 1 is 1.53 bits per heavy atom. The van der Waals surface area contributed by atoms with Gasteiger partial charge in [-0.1, -0.05) is 17.7 Å². The molecule has 17 heavy (non-hydrogen) atoms. The van der Waals surface area contributed by atoms with Crippen LogP contribution in [0.5, 0.6) is 0 Å². The van der Waals surface area contributed by atoms with Crippen molar-refractivity contribution in [2.75, 3.05) is 20.7 Å². The van der Waals surface area contributed by atoms with Crippen LogP contribution in [0.15, 0.2) is 18.3 Å². The van der Waals surface area contributed by atoms with Crippen LogP contribution in [0.2, 0.25) is 5.15 Å². The van der Waals surface area contributed by atoms with Crippen molar-refractivity contribution in [2.24, 2.45) is 0 Å². The molecule has 0 spiro atoms. The van der Waals surface area contributed by atoms with Crippen LogP contribution in [0.1, 0.15) is 18.4 Å². The van der Waals surface area contributed by atoms with Crippen LogP contribution in [0.3, 0.4) is 0 Å². The topological polar surface area (TPSA) is 42.4 Å². The smallest absolute Gasteiger partial charge is 0.305 e. The van der Waals surface area contributed by atoms with Crippen molar-refractivity contribution in [3.05, 3.63) is 29.0 Å². The molecule has 5 heteroatoms. The SMILES string of the molecule is COC(=O)CCCN(C)Cc1ccc(Cl)nc1. The summed E-state index contributed by atoms with van der Waals surface area (Å²) in [5.41, 5.74) is 1.11. The van der Waals surface area contributed by atoms with Crippen molar-refractivity contribution in [1.29, 1.82) is 0 Å². The van der Waals surface area contributed by atoms with Gasteiger partial charge >= 0.3 is 5.97 Å². The van der Waals surface area contributed by atoms with E-state index in [9.17, 15) is 4.79 Å². The Morgan fingerprint density at radius 3 is 2.88 bits per heavy atom. The van der Waals surface area contributed by atoms with Gasteiger partial charge in [-0.05, 0) is 31.6 Å². The molecule has 1 aromatic rings. The molecule has 1 rings (SSSR count). The Kier molecular flexibility index (Phi) is 5.94. The molecule has 0 N–H and O–H groups in total. The van der Waals surface area contributed by atoms with E-state index in [0.29, 0.717) is 11.6 Å². The van der Waals surface area contributed by atoms with E-state index in [-0.39, 0.29) is 5.97 Å². The molecule has 0 amide bonds. The molecule has 4 nitrogen and oxygen atoms in total. The summed E-state index contributed by atoms with van der Waals surface area (Å²) in [7, 11) is 3.41. The number of aromatic nitrogens is 1. The highest BCUT2D eigenvalue weighted by atomic mass is 35.5. The second-order valence-electron chi connectivity index (χ2n) is 3.91. The molecule has 0 aromatic carbocycles. The van der Waals surface area contributed by atoms with E-state index in [2.05, 4.69) is 14.6 Å². The molecule has 1 aromatic heterocycles. The Balaban J connectivity index is 2.27. The molecular weight excluding hydrogens is 240 g/mol. The third kappa shape index (κ3) is 5.65. The van der Waals surface area contributed by atoms with E-state index < -0.39 is 0 Å². The first-order chi connectivity index (χ1) is 8.11. The molecule has 94 valence electrons. The zero-order valence-electron chi connectivity index (χ0n) is 10.1. The highest BCUT2D eigenvalue weighted by molar-refractivity contribution is 6.29. The molecule has 0 aliphatic carbocycles. The number of ether oxygens (including phenoxy) is 1. The second kappa shape index (κ2) is 7.25. The van der Waals surface area contributed by atoms with Gasteiger partial charge in [0.1, 0.15) is 5.15 Å². The molecule has 0 atom stereocenters. The summed E-state index contributed by atoms with van der Waals surface area (Å²) in [6.45, 7) is 1.64. The minimum absolute atomic E-state index is 0.161. The summed E-state index contributed by atoms with van der Waals surface area (Å²) >= 11 is 5.71. The van der Waals surface area contributed by atoms with Gasteiger partial charge in [0.05, 0.1) is 7.11 Å². The van der Waals surface area contributed by atoms with Crippen LogP contribution in [0.25, 0.3) is 0 Å². The predicted molar refractivity (Wildman–Crippen MR) is 66.8 cm³/mol. The number of rotatable bonds is 6. The van der Waals surface area contributed by atoms with Crippen LogP contribution in [0.4, 0.5) is 0 Å². The Hall–Kier alpha value is -1.13. The largest absolute Gasteiger partial charge is 0.469 e. The van der Waals surface area contributed by atoms with Crippen molar-refractivity contribution < 1.29 is 9.53 Å². The second-order valence-corrected chi connectivity index (χ2v) is 4.29. The average Bonchev–Trinajstić information content (AvgIpc) is 2.32. The first-order valence-corrected chi connectivity index (χ1v) is 5.85. The first kappa shape index (κ1) is 13.9. The van der Waals surface area contributed by atoms with Crippen LogP contribution < -0.4 is 0 Å². The summed E-state index contributed by atoms with van der Waals surface area (Å²) in [6.07, 6.45) is 3.02. The lowest BCUT2D eigenvalue weighted by Crippen LogP contribution is -2.20. The number of nitrogens with zero attached hydrogens (tertiary/aromatic N) is 2. The summed E-state index contributed by atoms with van der Waals surface area (Å²) in [5, 5.41) is 0.502. The standard InChI is InChI=1S/C12H17ClN2O2/c1-15(7-3-4-12(16)17-2)9-10-5-6-11(13)14-8-10/h5-6,8H,3-4,7,9H2,1-2H3. The molecular formula is C12H17ClN2O2. The van der Waals surface area contributed by atoms with Crippen LogP contribution >= 0.6 is 11.6 Å². The molecule has 1 heterocycles. The lowest BCUT2D eigenvalue weighted by molar-refractivity contribution is -0.140. The number of hydrogen-bond acceptors (Lipinski definition) is 4. The number of carbonyl (C=O) groups is 1. The number of pyridine rings is 1. The fourth-order valence-corrected chi connectivity index (χ4v) is 1.60. The minimum atomic E-state index is -0.161. The lowest BCUT2D eigenvalue weighted by atomic mass is 10.2. The third-order valence-electron chi connectivity index (χ3n) is 2.39. The fourth-order valence-electron chi connectivity index (χ4n) is 1.49. The van der Waals surface area contributed by atoms with Gasteiger partial charge in [0.15, 0.2) is 0 Å². The zero-order chi connectivity index (χ0) is 12.7. The van der Waals surface area contributed by atoms with Crippen molar-refractivity contribution in [1.82, 2.24) is 9.88 Å². The van der Waals surface area contributed by atoms with Crippen LogP contribution in [-0.4, -0.2) is 36.6 Å². The molecule has 0 bridgehead atoms. The average molecular weight is 257 g/mol. The number of carbonyl (C=O) groups excluding carboxylic acids is 1. The summed E-state index contributed by atoms with van der Waals surface area (Å²) < 4.78 is 4.58. The van der Waals surface area contributed by atoms with Gasteiger partial charge in [0, 0.05) is 19.2 Å². The van der Waals surface area contributed by atoms with E-state index in [4.69, 9.17) is 11.6 Å². The predicted octanol–water partition coefficient (Wildman–Crippen LogP) is 2.12. The van der Waals surface area contributed by atoms with Crippen LogP contribution in [0, 0.1) is 0 Å². The zero-order valence-corrected chi connectivity index (χ0v) is 10.9. The maximum Gasteiger partial charge on any atom is 0.305 e. The minimum Gasteiger partial charge on any atom is -0.469 e. The van der Waals surface area contributed by atoms with Crippen molar-refractivity contribution >= 4 is 17.6 Å². The first-order valence-electron chi connectivity index (χ1n) is 5.47. The van der Waals surface area contributed by atoms with Crippen molar-refractivity contribution in [3.63, 3.8) is 0 Å². The molecule has 0 radical (unpaired) electrons. The van der Waals surface area contributed by atoms with Gasteiger partial charge in [-0.2, -0.15) is 0 Å². The molecule has 0 saturated carbocycles. The number of hydrogen-bond donors (Lipinski definition) is 0. The third-order valence-corrected chi connectivity index (χ3v) is 2.61. The monoisotopic (exact) mass is 256 g/mol. The van der Waals surface area contributed by atoms with Crippen molar-refractivity contribution in [2.45, 2.75) is 19.4 Å². The van der Waals surface area contributed by atoms with Gasteiger partial charge < -0.3 is 9.64 Å². The van der Waals surface area contributed by atoms with E-state index in [1.54, 1.807) is 12.3 Å². The Bertz CT molecular complexity index is 354. The molecule has 0 fully saturated rings. The Labute approximate surface area is 107 Å².